The van der Waals surface area contributed by atoms with Gasteiger partial charge in [-0.05, 0) is 51.2 Å². The minimum absolute atomic E-state index is 0.672. The van der Waals surface area contributed by atoms with Crippen molar-refractivity contribution < 1.29 is 0 Å². The van der Waals surface area contributed by atoms with Gasteiger partial charge in [0, 0.05) is 12.6 Å². The van der Waals surface area contributed by atoms with Gasteiger partial charge in [0.2, 0.25) is 0 Å². The van der Waals surface area contributed by atoms with Crippen LogP contribution in [0.15, 0.2) is 0 Å². The smallest absolute Gasteiger partial charge is 0.00643 e. The third-order valence-electron chi connectivity index (χ3n) is 4.14. The lowest BCUT2D eigenvalue weighted by atomic mass is 10.00. The molecule has 3 unspecified atom stereocenters. The van der Waals surface area contributed by atoms with Crippen molar-refractivity contribution in [2.24, 2.45) is 11.8 Å². The minimum Gasteiger partial charge on any atom is -0.314 e. The number of likely N-dealkylation sites (tertiary alicyclic amines) is 1. The zero-order valence-corrected chi connectivity index (χ0v) is 11.6. The molecule has 0 radical (unpaired) electrons. The molecule has 0 aromatic rings. The molecule has 0 aliphatic carbocycles. The Morgan fingerprint density at radius 2 is 2.06 bits per heavy atom. The van der Waals surface area contributed by atoms with Crippen LogP contribution < -0.4 is 5.32 Å². The van der Waals surface area contributed by atoms with Crippen molar-refractivity contribution in [3.63, 3.8) is 0 Å². The van der Waals surface area contributed by atoms with Gasteiger partial charge >= 0.3 is 0 Å². The molecule has 0 amide bonds. The predicted molar refractivity (Wildman–Crippen MR) is 71.8 cm³/mol. The maximum absolute atomic E-state index is 3.71. The van der Waals surface area contributed by atoms with E-state index in [0.29, 0.717) is 6.04 Å². The molecule has 0 aromatic carbocycles. The summed E-state index contributed by atoms with van der Waals surface area (Å²) in [4.78, 5) is 2.61. The number of hydrogen-bond donors (Lipinski definition) is 1. The van der Waals surface area contributed by atoms with E-state index in [1.807, 2.05) is 0 Å². The Morgan fingerprint density at radius 1 is 1.31 bits per heavy atom. The molecule has 0 spiro atoms. The molecule has 1 aliphatic heterocycles. The van der Waals surface area contributed by atoms with Crippen LogP contribution >= 0.6 is 0 Å². The third-order valence-corrected chi connectivity index (χ3v) is 4.14. The topological polar surface area (TPSA) is 15.3 Å². The van der Waals surface area contributed by atoms with Gasteiger partial charge in [0.15, 0.2) is 0 Å². The second kappa shape index (κ2) is 7.29. The second-order valence-corrected chi connectivity index (χ2v) is 5.54. The molecule has 1 saturated heterocycles. The van der Waals surface area contributed by atoms with Gasteiger partial charge in [-0.15, -0.1) is 0 Å². The molecule has 1 fully saturated rings. The summed E-state index contributed by atoms with van der Waals surface area (Å²) in [7, 11) is 0. The standard InChI is InChI=1S/C14H30N2/c1-5-8-16-9-7-14(11-16)10-15-13(4)12(3)6-2/h12-15H,5-11H2,1-4H3. The summed E-state index contributed by atoms with van der Waals surface area (Å²) in [6.45, 7) is 14.4. The molecular formula is C14H30N2. The van der Waals surface area contributed by atoms with Crippen LogP contribution in [0.25, 0.3) is 0 Å². The van der Waals surface area contributed by atoms with Crippen molar-refractivity contribution in [3.8, 4) is 0 Å². The van der Waals surface area contributed by atoms with E-state index in [-0.39, 0.29) is 0 Å². The van der Waals surface area contributed by atoms with Gasteiger partial charge in [0.05, 0.1) is 0 Å². The van der Waals surface area contributed by atoms with Gasteiger partial charge < -0.3 is 10.2 Å². The highest BCUT2D eigenvalue weighted by Crippen LogP contribution is 2.16. The molecule has 0 bridgehead atoms. The maximum Gasteiger partial charge on any atom is 0.00643 e. The van der Waals surface area contributed by atoms with Crippen molar-refractivity contribution in [1.29, 1.82) is 0 Å². The van der Waals surface area contributed by atoms with Gasteiger partial charge in [-0.2, -0.15) is 0 Å². The molecule has 96 valence electrons. The first-order valence-electron chi connectivity index (χ1n) is 7.13. The van der Waals surface area contributed by atoms with Gasteiger partial charge in [0.1, 0.15) is 0 Å². The lowest BCUT2D eigenvalue weighted by molar-refractivity contribution is 0.312. The second-order valence-electron chi connectivity index (χ2n) is 5.54. The Morgan fingerprint density at radius 3 is 2.69 bits per heavy atom. The third kappa shape index (κ3) is 4.42. The largest absolute Gasteiger partial charge is 0.314 e. The first-order chi connectivity index (χ1) is 7.67. The Hall–Kier alpha value is -0.0800. The van der Waals surface area contributed by atoms with Gasteiger partial charge in [0.25, 0.3) is 0 Å². The lowest BCUT2D eigenvalue weighted by Gasteiger charge is -2.22. The van der Waals surface area contributed by atoms with E-state index in [4.69, 9.17) is 0 Å². The van der Waals surface area contributed by atoms with Crippen molar-refractivity contribution in [1.82, 2.24) is 10.2 Å². The van der Waals surface area contributed by atoms with E-state index in [1.165, 1.54) is 45.4 Å². The number of hydrogen-bond acceptors (Lipinski definition) is 2. The monoisotopic (exact) mass is 226 g/mol. The van der Waals surface area contributed by atoms with Crippen LogP contribution in [-0.2, 0) is 0 Å². The minimum atomic E-state index is 0.672. The summed E-state index contributed by atoms with van der Waals surface area (Å²) >= 11 is 0. The first-order valence-corrected chi connectivity index (χ1v) is 7.13. The molecule has 1 aliphatic rings. The van der Waals surface area contributed by atoms with Crippen LogP contribution in [0.3, 0.4) is 0 Å². The average molecular weight is 226 g/mol. The quantitative estimate of drug-likeness (QED) is 0.718. The SMILES string of the molecule is CCCN1CCC(CNC(C)C(C)CC)C1. The van der Waals surface area contributed by atoms with E-state index < -0.39 is 0 Å². The molecule has 1 heterocycles. The Kier molecular flexibility index (Phi) is 6.37. The molecule has 1 N–H and O–H groups in total. The Bertz CT molecular complexity index is 182. The van der Waals surface area contributed by atoms with Crippen LogP contribution in [0.5, 0.6) is 0 Å². The first kappa shape index (κ1) is 14.0. The normalized spacial score (nSPS) is 25.9. The van der Waals surface area contributed by atoms with Crippen LogP contribution in [-0.4, -0.2) is 37.1 Å². The highest BCUT2D eigenvalue weighted by atomic mass is 15.1. The molecule has 2 heteroatoms. The highest BCUT2D eigenvalue weighted by Gasteiger charge is 2.22. The number of nitrogens with one attached hydrogen (secondary N) is 1. The molecule has 1 rings (SSSR count). The molecule has 16 heavy (non-hydrogen) atoms. The number of nitrogens with zero attached hydrogens (tertiary/aromatic N) is 1. The average Bonchev–Trinajstić information content (AvgIpc) is 2.73. The summed E-state index contributed by atoms with van der Waals surface area (Å²) in [5.41, 5.74) is 0. The van der Waals surface area contributed by atoms with Crippen LogP contribution in [0.4, 0.5) is 0 Å². The molecule has 0 aromatic heterocycles. The molecule has 0 saturated carbocycles. The summed E-state index contributed by atoms with van der Waals surface area (Å²) in [6.07, 6.45) is 3.96. The highest BCUT2D eigenvalue weighted by molar-refractivity contribution is 4.78. The fourth-order valence-corrected chi connectivity index (χ4v) is 2.51. The van der Waals surface area contributed by atoms with Crippen LogP contribution in [0.1, 0.15) is 47.0 Å². The van der Waals surface area contributed by atoms with E-state index in [9.17, 15) is 0 Å². The van der Waals surface area contributed by atoms with Crippen LogP contribution in [0.2, 0.25) is 0 Å². The van der Waals surface area contributed by atoms with E-state index in [1.54, 1.807) is 0 Å². The zero-order chi connectivity index (χ0) is 12.0. The summed E-state index contributed by atoms with van der Waals surface area (Å²) in [5, 5.41) is 3.71. The van der Waals surface area contributed by atoms with E-state index in [2.05, 4.69) is 37.9 Å². The fraction of sp³-hybridized carbons (Fsp3) is 1.00. The van der Waals surface area contributed by atoms with E-state index >= 15 is 0 Å². The van der Waals surface area contributed by atoms with E-state index in [0.717, 1.165) is 11.8 Å². The van der Waals surface area contributed by atoms with Crippen LogP contribution in [0, 0.1) is 11.8 Å². The summed E-state index contributed by atoms with van der Waals surface area (Å²) in [5.74, 6) is 1.69. The predicted octanol–water partition coefficient (Wildman–Crippen LogP) is 2.74. The fourth-order valence-electron chi connectivity index (χ4n) is 2.51. The molecule has 2 nitrogen and oxygen atoms in total. The van der Waals surface area contributed by atoms with Gasteiger partial charge in [-0.1, -0.05) is 27.2 Å². The van der Waals surface area contributed by atoms with Crippen molar-refractivity contribution in [2.75, 3.05) is 26.2 Å². The number of rotatable bonds is 7. The Balaban J connectivity index is 2.14. The van der Waals surface area contributed by atoms with Crippen molar-refractivity contribution >= 4 is 0 Å². The lowest BCUT2D eigenvalue weighted by Crippen LogP contribution is -2.36. The molecule has 3 atom stereocenters. The van der Waals surface area contributed by atoms with Crippen molar-refractivity contribution in [2.45, 2.75) is 53.0 Å². The summed E-state index contributed by atoms with van der Waals surface area (Å²) < 4.78 is 0. The van der Waals surface area contributed by atoms with Gasteiger partial charge in [-0.3, -0.25) is 0 Å². The summed E-state index contributed by atoms with van der Waals surface area (Å²) in [6, 6.07) is 0.672. The maximum atomic E-state index is 3.71. The molecular weight excluding hydrogens is 196 g/mol. The zero-order valence-electron chi connectivity index (χ0n) is 11.6. The Labute approximate surface area is 102 Å². The van der Waals surface area contributed by atoms with Crippen molar-refractivity contribution in [3.05, 3.63) is 0 Å². The van der Waals surface area contributed by atoms with Gasteiger partial charge in [-0.25, -0.2) is 0 Å².